The van der Waals surface area contributed by atoms with Crippen molar-refractivity contribution in [1.29, 1.82) is 0 Å². The molecule has 0 radical (unpaired) electrons. The molecule has 1 heterocycles. The van der Waals surface area contributed by atoms with Gasteiger partial charge in [-0.05, 0) is 18.8 Å². The van der Waals surface area contributed by atoms with Crippen molar-refractivity contribution in [3.8, 4) is 0 Å². The first-order valence-electron chi connectivity index (χ1n) is 5.73. The number of carbonyl (C=O) groups excluding carboxylic acids is 2. The molecule has 1 N–H and O–H groups in total. The van der Waals surface area contributed by atoms with Crippen LogP contribution in [0.15, 0.2) is 0 Å². The highest BCUT2D eigenvalue weighted by atomic mass is 16.4. The van der Waals surface area contributed by atoms with E-state index in [9.17, 15) is 19.5 Å². The fraction of sp³-hybridized carbons (Fsp3) is 0.750. The van der Waals surface area contributed by atoms with E-state index in [0.29, 0.717) is 0 Å². The minimum Gasteiger partial charge on any atom is -0.479 e. The Morgan fingerprint density at radius 1 is 1.35 bits per heavy atom. The van der Waals surface area contributed by atoms with E-state index in [0.717, 1.165) is 4.90 Å². The molecule has 17 heavy (non-hydrogen) atoms. The maximum absolute atomic E-state index is 12.0. The predicted octanol–water partition coefficient (Wildman–Crippen LogP) is 1.41. The predicted molar refractivity (Wildman–Crippen MR) is 61.2 cm³/mol. The summed E-state index contributed by atoms with van der Waals surface area (Å²) in [4.78, 5) is 36.1. The van der Waals surface area contributed by atoms with Gasteiger partial charge in [0.05, 0.1) is 0 Å². The molecule has 0 saturated carbocycles. The Bertz CT molecular complexity index is 355. The number of carboxylic acids is 1. The molecule has 1 aliphatic heterocycles. The summed E-state index contributed by atoms with van der Waals surface area (Å²) in [5.74, 6) is -1.92. The molecule has 5 nitrogen and oxygen atoms in total. The number of rotatable bonds is 3. The first-order valence-corrected chi connectivity index (χ1v) is 5.73. The first-order chi connectivity index (χ1) is 7.64. The Morgan fingerprint density at radius 3 is 2.06 bits per heavy atom. The molecule has 0 aromatic carbocycles. The molecule has 1 fully saturated rings. The van der Waals surface area contributed by atoms with Crippen LogP contribution in [0.25, 0.3) is 0 Å². The second kappa shape index (κ2) is 4.13. The lowest BCUT2D eigenvalue weighted by Crippen LogP contribution is -2.60. The van der Waals surface area contributed by atoms with Crippen molar-refractivity contribution in [2.24, 2.45) is 5.41 Å². The number of hydrogen-bond acceptors (Lipinski definition) is 3. The quantitative estimate of drug-likeness (QED) is 0.758. The molecule has 5 heteroatoms. The van der Waals surface area contributed by atoms with Crippen molar-refractivity contribution < 1.29 is 19.5 Å². The zero-order chi connectivity index (χ0) is 13.4. The van der Waals surface area contributed by atoms with Crippen molar-refractivity contribution in [3.63, 3.8) is 0 Å². The topological polar surface area (TPSA) is 74.7 Å². The molecule has 1 atom stereocenters. The molecule has 1 unspecified atom stereocenters. The summed E-state index contributed by atoms with van der Waals surface area (Å²) >= 11 is 0. The van der Waals surface area contributed by atoms with Gasteiger partial charge in [-0.15, -0.1) is 0 Å². The van der Waals surface area contributed by atoms with Crippen LogP contribution in [0.4, 0.5) is 0 Å². The van der Waals surface area contributed by atoms with Gasteiger partial charge in [0.2, 0.25) is 11.8 Å². The molecule has 0 aliphatic carbocycles. The van der Waals surface area contributed by atoms with E-state index in [4.69, 9.17) is 0 Å². The van der Waals surface area contributed by atoms with Crippen LogP contribution in [0, 0.1) is 5.41 Å². The van der Waals surface area contributed by atoms with Gasteiger partial charge in [0, 0.05) is 12.8 Å². The number of carbonyl (C=O) groups is 3. The fourth-order valence-electron chi connectivity index (χ4n) is 2.13. The average Bonchev–Trinajstić information content (AvgIpc) is 2.13. The Kier molecular flexibility index (Phi) is 3.32. The zero-order valence-corrected chi connectivity index (χ0v) is 10.7. The van der Waals surface area contributed by atoms with E-state index in [1.807, 2.05) is 13.8 Å². The summed E-state index contributed by atoms with van der Waals surface area (Å²) in [6.45, 7) is 6.76. The maximum Gasteiger partial charge on any atom is 0.329 e. The number of aliphatic carboxylic acids is 1. The van der Waals surface area contributed by atoms with E-state index >= 15 is 0 Å². The second-order valence-corrected chi connectivity index (χ2v) is 5.57. The minimum absolute atomic E-state index is 0.209. The van der Waals surface area contributed by atoms with Crippen molar-refractivity contribution in [3.05, 3.63) is 0 Å². The third-order valence-corrected chi connectivity index (χ3v) is 3.40. The summed E-state index contributed by atoms with van der Waals surface area (Å²) in [5.41, 5.74) is -1.80. The third-order valence-electron chi connectivity index (χ3n) is 3.40. The number of carboxylic acid groups (broad SMARTS) is 1. The monoisotopic (exact) mass is 241 g/mol. The van der Waals surface area contributed by atoms with Crippen LogP contribution in [0.5, 0.6) is 0 Å². The Balaban J connectivity index is 3.11. The van der Waals surface area contributed by atoms with Crippen molar-refractivity contribution >= 4 is 17.8 Å². The lowest BCUT2D eigenvalue weighted by atomic mass is 9.79. The standard InChI is InChI=1S/C12H19NO4/c1-5-12(4,10(16)17)13-8(14)6-11(2,3)7-9(13)15/h5-7H2,1-4H3,(H,16,17). The summed E-state index contributed by atoms with van der Waals surface area (Å²) in [7, 11) is 0. The number of amides is 2. The van der Waals surface area contributed by atoms with Gasteiger partial charge in [0.25, 0.3) is 0 Å². The first kappa shape index (κ1) is 13.7. The number of hydrogen-bond donors (Lipinski definition) is 1. The smallest absolute Gasteiger partial charge is 0.329 e. The molecule has 0 aromatic rings. The third kappa shape index (κ3) is 2.33. The summed E-state index contributed by atoms with van der Waals surface area (Å²) in [5, 5.41) is 9.20. The van der Waals surface area contributed by atoms with Gasteiger partial charge in [0.15, 0.2) is 0 Å². The summed E-state index contributed by atoms with van der Waals surface area (Å²) in [6, 6.07) is 0. The van der Waals surface area contributed by atoms with E-state index in [-0.39, 0.29) is 24.7 Å². The molecule has 2 amide bonds. The number of likely N-dealkylation sites (tertiary alicyclic amines) is 1. The van der Waals surface area contributed by atoms with Gasteiger partial charge in [-0.2, -0.15) is 0 Å². The minimum atomic E-state index is -1.43. The van der Waals surface area contributed by atoms with E-state index in [2.05, 4.69) is 0 Å². The molecular formula is C12H19NO4. The maximum atomic E-state index is 12.0. The number of nitrogens with zero attached hydrogens (tertiary/aromatic N) is 1. The van der Waals surface area contributed by atoms with E-state index < -0.39 is 23.3 Å². The molecule has 0 bridgehead atoms. The Labute approximate surface area is 101 Å². The number of imide groups is 1. The lowest BCUT2D eigenvalue weighted by Gasteiger charge is -2.42. The van der Waals surface area contributed by atoms with Gasteiger partial charge >= 0.3 is 5.97 Å². The van der Waals surface area contributed by atoms with Gasteiger partial charge in [-0.3, -0.25) is 14.5 Å². The highest BCUT2D eigenvalue weighted by Crippen LogP contribution is 2.35. The molecule has 1 aliphatic rings. The Morgan fingerprint density at radius 2 is 1.76 bits per heavy atom. The molecule has 0 spiro atoms. The van der Waals surface area contributed by atoms with Crippen molar-refractivity contribution in [2.75, 3.05) is 0 Å². The van der Waals surface area contributed by atoms with Crippen LogP contribution >= 0.6 is 0 Å². The van der Waals surface area contributed by atoms with Crippen LogP contribution in [0.3, 0.4) is 0 Å². The summed E-state index contributed by atoms with van der Waals surface area (Å²) in [6.07, 6.45) is 0.628. The van der Waals surface area contributed by atoms with Gasteiger partial charge < -0.3 is 5.11 Å². The SMILES string of the molecule is CCC(C)(C(=O)O)N1C(=O)CC(C)(C)CC1=O. The van der Waals surface area contributed by atoms with Gasteiger partial charge in [-0.25, -0.2) is 4.79 Å². The zero-order valence-electron chi connectivity index (χ0n) is 10.7. The summed E-state index contributed by atoms with van der Waals surface area (Å²) < 4.78 is 0. The molecule has 0 aromatic heterocycles. The van der Waals surface area contributed by atoms with Gasteiger partial charge in [0.1, 0.15) is 5.54 Å². The van der Waals surface area contributed by atoms with Crippen molar-refractivity contribution in [2.45, 2.75) is 52.5 Å². The molecule has 1 rings (SSSR count). The van der Waals surface area contributed by atoms with Crippen LogP contribution < -0.4 is 0 Å². The van der Waals surface area contributed by atoms with E-state index in [1.54, 1.807) is 6.92 Å². The highest BCUT2D eigenvalue weighted by molar-refractivity contribution is 6.03. The van der Waals surface area contributed by atoms with Crippen LogP contribution in [-0.4, -0.2) is 33.3 Å². The lowest BCUT2D eigenvalue weighted by molar-refractivity contribution is -0.171. The van der Waals surface area contributed by atoms with Crippen molar-refractivity contribution in [1.82, 2.24) is 4.90 Å². The second-order valence-electron chi connectivity index (χ2n) is 5.57. The molecular weight excluding hydrogens is 222 g/mol. The normalized spacial score (nSPS) is 23.4. The van der Waals surface area contributed by atoms with Gasteiger partial charge in [-0.1, -0.05) is 20.8 Å². The van der Waals surface area contributed by atoms with Crippen LogP contribution in [0.2, 0.25) is 0 Å². The number of piperidine rings is 1. The fourth-order valence-corrected chi connectivity index (χ4v) is 2.13. The highest BCUT2D eigenvalue weighted by Gasteiger charge is 2.49. The van der Waals surface area contributed by atoms with Crippen LogP contribution in [0.1, 0.15) is 47.0 Å². The molecule has 96 valence electrons. The molecule has 1 saturated heterocycles. The van der Waals surface area contributed by atoms with E-state index in [1.165, 1.54) is 6.92 Å². The average molecular weight is 241 g/mol. The van der Waals surface area contributed by atoms with Crippen LogP contribution in [-0.2, 0) is 14.4 Å². The largest absolute Gasteiger partial charge is 0.479 e. The Hall–Kier alpha value is -1.39.